The van der Waals surface area contributed by atoms with Crippen LogP contribution >= 0.6 is 0 Å². The minimum Gasteiger partial charge on any atom is -0.480 e. The van der Waals surface area contributed by atoms with E-state index in [1.54, 1.807) is 4.90 Å². The van der Waals surface area contributed by atoms with Crippen molar-refractivity contribution in [1.29, 1.82) is 0 Å². The van der Waals surface area contributed by atoms with Crippen molar-refractivity contribution in [2.75, 3.05) is 13.3 Å². The summed E-state index contributed by atoms with van der Waals surface area (Å²) < 4.78 is 5.93. The third kappa shape index (κ3) is 4.68. The van der Waals surface area contributed by atoms with Crippen molar-refractivity contribution in [3.63, 3.8) is 0 Å². The summed E-state index contributed by atoms with van der Waals surface area (Å²) in [5, 5.41) is 18.6. The van der Waals surface area contributed by atoms with Crippen LogP contribution in [-0.2, 0) is 9.22 Å². The molecule has 1 heterocycles. The standard InChI is InChI=1S/C12H25NO4Si/c1-4-5-6-18(2,3)17-9-13-8-10(14)7-11(13)12(15)16/h10-11,14H,4-9H2,1-3H3,(H,15,16)/t10?,11-/m0/s1. The van der Waals surface area contributed by atoms with E-state index in [2.05, 4.69) is 20.0 Å². The summed E-state index contributed by atoms with van der Waals surface area (Å²) in [4.78, 5) is 12.8. The molecule has 0 aromatic carbocycles. The fourth-order valence-electron chi connectivity index (χ4n) is 2.21. The van der Waals surface area contributed by atoms with E-state index in [0.29, 0.717) is 19.7 Å². The maximum Gasteiger partial charge on any atom is 0.321 e. The van der Waals surface area contributed by atoms with Gasteiger partial charge in [-0.25, -0.2) is 0 Å². The van der Waals surface area contributed by atoms with Crippen LogP contribution in [0.5, 0.6) is 0 Å². The lowest BCUT2D eigenvalue weighted by molar-refractivity contribution is -0.143. The molecule has 0 aromatic rings. The largest absolute Gasteiger partial charge is 0.480 e. The number of rotatable bonds is 7. The highest BCUT2D eigenvalue weighted by atomic mass is 28.4. The van der Waals surface area contributed by atoms with E-state index < -0.39 is 26.4 Å². The number of hydrogen-bond donors (Lipinski definition) is 2. The van der Waals surface area contributed by atoms with E-state index >= 15 is 0 Å². The van der Waals surface area contributed by atoms with Gasteiger partial charge in [0, 0.05) is 13.0 Å². The monoisotopic (exact) mass is 275 g/mol. The number of carboxylic acid groups (broad SMARTS) is 1. The highest BCUT2D eigenvalue weighted by Crippen LogP contribution is 2.21. The summed E-state index contributed by atoms with van der Waals surface area (Å²) in [7, 11) is -1.69. The topological polar surface area (TPSA) is 70.0 Å². The maximum absolute atomic E-state index is 11.1. The predicted octanol–water partition coefficient (Wildman–Crippen LogP) is 1.49. The van der Waals surface area contributed by atoms with Gasteiger partial charge in [0.15, 0.2) is 8.32 Å². The molecule has 0 spiro atoms. The Balaban J connectivity index is 2.44. The van der Waals surface area contributed by atoms with Crippen molar-refractivity contribution in [2.45, 2.75) is 57.5 Å². The van der Waals surface area contributed by atoms with Crippen LogP contribution in [-0.4, -0.2) is 54.8 Å². The summed E-state index contributed by atoms with van der Waals surface area (Å²) in [5.41, 5.74) is 0. The number of aliphatic hydroxyl groups is 1. The second kappa shape index (κ2) is 6.65. The second-order valence-electron chi connectivity index (χ2n) is 5.65. The second-order valence-corrected chi connectivity index (χ2v) is 9.96. The zero-order valence-electron chi connectivity index (χ0n) is 11.6. The molecule has 1 saturated heterocycles. The van der Waals surface area contributed by atoms with Gasteiger partial charge in [-0.2, -0.15) is 0 Å². The van der Waals surface area contributed by atoms with Crippen molar-refractivity contribution in [2.24, 2.45) is 0 Å². The maximum atomic E-state index is 11.1. The Hall–Kier alpha value is -0.433. The van der Waals surface area contributed by atoms with Gasteiger partial charge in [0.1, 0.15) is 6.04 Å². The lowest BCUT2D eigenvalue weighted by atomic mass is 10.2. The molecule has 0 aromatic heterocycles. The van der Waals surface area contributed by atoms with Crippen LogP contribution in [0.4, 0.5) is 0 Å². The minimum absolute atomic E-state index is 0.301. The third-order valence-corrected chi connectivity index (χ3v) is 5.89. The van der Waals surface area contributed by atoms with Gasteiger partial charge in [-0.3, -0.25) is 9.69 Å². The van der Waals surface area contributed by atoms with Crippen LogP contribution in [0, 0.1) is 0 Å². The number of carboxylic acids is 1. The Morgan fingerprint density at radius 3 is 2.72 bits per heavy atom. The lowest BCUT2D eigenvalue weighted by Crippen LogP contribution is -2.42. The third-order valence-electron chi connectivity index (χ3n) is 3.42. The molecular weight excluding hydrogens is 250 g/mol. The van der Waals surface area contributed by atoms with E-state index in [1.165, 1.54) is 0 Å². The summed E-state index contributed by atoms with van der Waals surface area (Å²) >= 11 is 0. The van der Waals surface area contributed by atoms with E-state index in [-0.39, 0.29) is 0 Å². The molecule has 0 bridgehead atoms. The molecule has 2 atom stereocenters. The number of carbonyl (C=O) groups is 1. The van der Waals surface area contributed by atoms with Crippen LogP contribution in [0.1, 0.15) is 26.2 Å². The van der Waals surface area contributed by atoms with Gasteiger partial charge in [-0.1, -0.05) is 19.8 Å². The number of unbranched alkanes of at least 4 members (excludes halogenated alkanes) is 1. The molecule has 1 aliphatic rings. The highest BCUT2D eigenvalue weighted by Gasteiger charge is 2.37. The fraction of sp³-hybridized carbons (Fsp3) is 0.917. The normalized spacial score (nSPS) is 25.6. The molecule has 0 saturated carbocycles. The Kier molecular flexibility index (Phi) is 5.77. The molecule has 18 heavy (non-hydrogen) atoms. The summed E-state index contributed by atoms with van der Waals surface area (Å²) in [5.74, 6) is -0.872. The number of aliphatic hydroxyl groups excluding tert-OH is 1. The average Bonchev–Trinajstić information content (AvgIpc) is 2.66. The molecule has 0 aliphatic carbocycles. The number of β-amino-alcohol motifs (C(OH)–C–C–N with tert-alkyl or cyclic N) is 1. The fourth-order valence-corrected chi connectivity index (χ4v) is 4.08. The number of nitrogens with zero attached hydrogens (tertiary/aromatic N) is 1. The van der Waals surface area contributed by atoms with Crippen LogP contribution in [0.3, 0.4) is 0 Å². The van der Waals surface area contributed by atoms with Crippen LogP contribution in [0.2, 0.25) is 19.1 Å². The summed E-state index contributed by atoms with van der Waals surface area (Å²) in [6.45, 7) is 7.20. The molecular formula is C12H25NO4Si. The van der Waals surface area contributed by atoms with Gasteiger partial charge in [0.25, 0.3) is 0 Å². The Bertz CT molecular complexity index is 285. The molecule has 1 fully saturated rings. The van der Waals surface area contributed by atoms with Crippen molar-refractivity contribution < 1.29 is 19.4 Å². The van der Waals surface area contributed by atoms with Gasteiger partial charge in [0.2, 0.25) is 0 Å². The van der Waals surface area contributed by atoms with Gasteiger partial charge in [-0.05, 0) is 19.1 Å². The first-order chi connectivity index (χ1) is 8.35. The Morgan fingerprint density at radius 2 is 2.17 bits per heavy atom. The quantitative estimate of drug-likeness (QED) is 0.689. The van der Waals surface area contributed by atoms with Crippen LogP contribution in [0.25, 0.3) is 0 Å². The van der Waals surface area contributed by atoms with Gasteiger partial charge < -0.3 is 14.6 Å². The molecule has 1 aliphatic heterocycles. The highest BCUT2D eigenvalue weighted by molar-refractivity contribution is 6.71. The van der Waals surface area contributed by atoms with Crippen LogP contribution < -0.4 is 0 Å². The Labute approximate surface area is 110 Å². The van der Waals surface area contributed by atoms with Crippen molar-refractivity contribution in [1.82, 2.24) is 4.90 Å². The first-order valence-electron chi connectivity index (χ1n) is 6.64. The molecule has 1 unspecified atom stereocenters. The average molecular weight is 275 g/mol. The van der Waals surface area contributed by atoms with Crippen molar-refractivity contribution >= 4 is 14.3 Å². The lowest BCUT2D eigenvalue weighted by Gasteiger charge is -2.28. The first kappa shape index (κ1) is 15.6. The van der Waals surface area contributed by atoms with Gasteiger partial charge in [0.05, 0.1) is 12.8 Å². The predicted molar refractivity (Wildman–Crippen MR) is 71.9 cm³/mol. The smallest absolute Gasteiger partial charge is 0.321 e. The van der Waals surface area contributed by atoms with E-state index in [1.807, 2.05) is 0 Å². The number of hydrogen-bond acceptors (Lipinski definition) is 4. The molecule has 5 nitrogen and oxygen atoms in total. The summed E-state index contributed by atoms with van der Waals surface area (Å²) in [6, 6.07) is 0.494. The number of aliphatic carboxylic acids is 1. The van der Waals surface area contributed by atoms with Crippen molar-refractivity contribution in [3.05, 3.63) is 0 Å². The molecule has 106 valence electrons. The Morgan fingerprint density at radius 1 is 1.50 bits per heavy atom. The SMILES string of the molecule is CCCC[Si](C)(C)OCN1CC(O)C[C@H]1C(=O)O. The molecule has 2 N–H and O–H groups in total. The minimum atomic E-state index is -1.69. The molecule has 1 rings (SSSR count). The van der Waals surface area contributed by atoms with E-state index in [0.717, 1.165) is 18.9 Å². The zero-order chi connectivity index (χ0) is 13.8. The van der Waals surface area contributed by atoms with E-state index in [9.17, 15) is 9.90 Å². The van der Waals surface area contributed by atoms with E-state index in [4.69, 9.17) is 9.53 Å². The number of likely N-dealkylation sites (tertiary alicyclic amines) is 1. The van der Waals surface area contributed by atoms with Gasteiger partial charge >= 0.3 is 5.97 Å². The molecule has 6 heteroatoms. The zero-order valence-corrected chi connectivity index (χ0v) is 12.6. The molecule has 0 amide bonds. The van der Waals surface area contributed by atoms with Crippen molar-refractivity contribution in [3.8, 4) is 0 Å². The molecule has 0 radical (unpaired) electrons. The van der Waals surface area contributed by atoms with Crippen LogP contribution in [0.15, 0.2) is 0 Å². The summed E-state index contributed by atoms with van der Waals surface area (Å²) in [6.07, 6.45) is 2.06. The van der Waals surface area contributed by atoms with Gasteiger partial charge in [-0.15, -0.1) is 0 Å². The first-order valence-corrected chi connectivity index (χ1v) is 9.76.